The van der Waals surface area contributed by atoms with Gasteiger partial charge in [0.25, 0.3) is 11.8 Å². The number of carbonyl (C=O) groups is 2. The highest BCUT2D eigenvalue weighted by molar-refractivity contribution is 8.00. The van der Waals surface area contributed by atoms with Gasteiger partial charge in [-0.25, -0.2) is 4.98 Å². The Morgan fingerprint density at radius 2 is 2.10 bits per heavy atom. The molecule has 1 aromatic carbocycles. The normalized spacial score (nSPS) is 15.8. The van der Waals surface area contributed by atoms with Crippen LogP contribution in [0.1, 0.15) is 31.5 Å². The number of thioether (sulfide) groups is 1. The van der Waals surface area contributed by atoms with E-state index >= 15 is 0 Å². The Labute approximate surface area is 194 Å². The minimum absolute atomic E-state index is 0.106. The highest BCUT2D eigenvalue weighted by Gasteiger charge is 2.33. The summed E-state index contributed by atoms with van der Waals surface area (Å²) in [4.78, 5) is 37.1. The molecule has 1 unspecified atom stereocenters. The first-order chi connectivity index (χ1) is 14.9. The second kappa shape index (κ2) is 9.38. The van der Waals surface area contributed by atoms with Crippen LogP contribution in [0.25, 0.3) is 10.4 Å². The van der Waals surface area contributed by atoms with E-state index in [4.69, 9.17) is 11.6 Å². The maximum atomic E-state index is 13.4. The van der Waals surface area contributed by atoms with Crippen molar-refractivity contribution in [1.82, 2.24) is 20.2 Å². The largest absolute Gasteiger partial charge is 0.348 e. The van der Waals surface area contributed by atoms with E-state index in [-0.39, 0.29) is 22.9 Å². The highest BCUT2D eigenvalue weighted by Crippen LogP contribution is 2.33. The third-order valence-electron chi connectivity index (χ3n) is 4.86. The molecular formula is C22H21ClN4O2S2. The number of carbonyl (C=O) groups excluding carboxylic acids is 2. The molecule has 4 rings (SSSR count). The minimum atomic E-state index is -0.313. The first-order valence-corrected chi connectivity index (χ1v) is 12.0. The molecule has 0 radical (unpaired) electrons. The maximum absolute atomic E-state index is 13.4. The zero-order valence-electron chi connectivity index (χ0n) is 17.1. The second-order valence-corrected chi connectivity index (χ2v) is 10.1. The lowest BCUT2D eigenvalue weighted by Crippen LogP contribution is -2.42. The van der Waals surface area contributed by atoms with Gasteiger partial charge in [0.05, 0.1) is 15.3 Å². The zero-order chi connectivity index (χ0) is 22.0. The van der Waals surface area contributed by atoms with Crippen LogP contribution in [0.4, 0.5) is 0 Å². The molecule has 1 aliphatic heterocycles. The average molecular weight is 473 g/mol. The van der Waals surface area contributed by atoms with Crippen LogP contribution >= 0.6 is 34.7 Å². The van der Waals surface area contributed by atoms with Crippen molar-refractivity contribution >= 4 is 46.5 Å². The molecule has 1 N–H and O–H groups in total. The first-order valence-electron chi connectivity index (χ1n) is 9.79. The van der Waals surface area contributed by atoms with E-state index in [1.807, 2.05) is 32.0 Å². The summed E-state index contributed by atoms with van der Waals surface area (Å²) in [6.07, 6.45) is 1.49. The molecular weight excluding hydrogens is 452 g/mol. The lowest BCUT2D eigenvalue weighted by molar-refractivity contribution is 0.0746. The van der Waals surface area contributed by atoms with E-state index in [2.05, 4.69) is 21.4 Å². The summed E-state index contributed by atoms with van der Waals surface area (Å²) < 4.78 is 0. The van der Waals surface area contributed by atoms with Gasteiger partial charge < -0.3 is 10.2 Å². The molecule has 1 aliphatic rings. The Morgan fingerprint density at radius 1 is 1.26 bits per heavy atom. The van der Waals surface area contributed by atoms with Gasteiger partial charge in [0, 0.05) is 30.1 Å². The minimum Gasteiger partial charge on any atom is -0.348 e. The Bertz CT molecular complexity index is 1130. The van der Waals surface area contributed by atoms with Gasteiger partial charge >= 0.3 is 0 Å². The fourth-order valence-corrected chi connectivity index (χ4v) is 5.63. The van der Waals surface area contributed by atoms with Gasteiger partial charge in [-0.15, -0.1) is 23.1 Å². The van der Waals surface area contributed by atoms with Crippen molar-refractivity contribution in [3.63, 3.8) is 0 Å². The predicted molar refractivity (Wildman–Crippen MR) is 126 cm³/mol. The predicted octanol–water partition coefficient (Wildman–Crippen LogP) is 4.42. The molecule has 0 spiro atoms. The molecule has 9 heteroatoms. The summed E-state index contributed by atoms with van der Waals surface area (Å²) in [6, 6.07) is 11.2. The lowest BCUT2D eigenvalue weighted by Gasteiger charge is -2.23. The summed E-state index contributed by atoms with van der Waals surface area (Å²) in [5.74, 6) is 0.392. The summed E-state index contributed by atoms with van der Waals surface area (Å²) in [5, 5.41) is 4.01. The molecule has 31 heavy (non-hydrogen) atoms. The van der Waals surface area contributed by atoms with Gasteiger partial charge in [-0.1, -0.05) is 41.4 Å². The summed E-state index contributed by atoms with van der Waals surface area (Å²) in [6.45, 7) is 4.88. The SMILES string of the molecule is Cc1cccc(-c2sc(C)nc2C(=O)N2CCSC2CNC(=O)c2cc(Cl)ccn2)c1. The van der Waals surface area contributed by atoms with Crippen LogP contribution in [-0.4, -0.2) is 50.9 Å². The lowest BCUT2D eigenvalue weighted by atomic mass is 10.1. The van der Waals surface area contributed by atoms with Crippen molar-refractivity contribution in [2.24, 2.45) is 0 Å². The number of pyridine rings is 1. The number of amides is 2. The number of benzene rings is 1. The number of nitrogens with one attached hydrogen (secondary N) is 1. The van der Waals surface area contributed by atoms with Crippen molar-refractivity contribution in [3.05, 3.63) is 69.6 Å². The topological polar surface area (TPSA) is 75.2 Å². The number of thiazole rings is 1. The van der Waals surface area contributed by atoms with Gasteiger partial charge in [0.15, 0.2) is 0 Å². The van der Waals surface area contributed by atoms with Gasteiger partial charge in [-0.3, -0.25) is 14.6 Å². The molecule has 0 aliphatic carbocycles. The Kier molecular flexibility index (Phi) is 6.60. The third kappa shape index (κ3) is 4.92. The molecule has 6 nitrogen and oxygen atoms in total. The Hall–Kier alpha value is -2.42. The number of aromatic nitrogens is 2. The van der Waals surface area contributed by atoms with Crippen LogP contribution in [0, 0.1) is 13.8 Å². The van der Waals surface area contributed by atoms with Crippen LogP contribution < -0.4 is 5.32 Å². The maximum Gasteiger partial charge on any atom is 0.274 e. The summed E-state index contributed by atoms with van der Waals surface area (Å²) in [5.41, 5.74) is 2.86. The molecule has 1 saturated heterocycles. The van der Waals surface area contributed by atoms with Gasteiger partial charge in [0.1, 0.15) is 11.4 Å². The van der Waals surface area contributed by atoms with Crippen molar-refractivity contribution in [2.45, 2.75) is 19.2 Å². The van der Waals surface area contributed by atoms with Crippen LogP contribution in [0.5, 0.6) is 0 Å². The number of nitrogens with zero attached hydrogens (tertiary/aromatic N) is 3. The van der Waals surface area contributed by atoms with E-state index in [1.165, 1.54) is 23.6 Å². The van der Waals surface area contributed by atoms with Crippen molar-refractivity contribution < 1.29 is 9.59 Å². The van der Waals surface area contributed by atoms with Crippen LogP contribution in [0.15, 0.2) is 42.6 Å². The van der Waals surface area contributed by atoms with Crippen molar-refractivity contribution in [1.29, 1.82) is 0 Å². The van der Waals surface area contributed by atoms with Gasteiger partial charge in [-0.2, -0.15) is 0 Å². The fraction of sp³-hybridized carbons (Fsp3) is 0.273. The third-order valence-corrected chi connectivity index (χ3v) is 7.34. The number of halogens is 1. The Balaban J connectivity index is 1.50. The quantitative estimate of drug-likeness (QED) is 0.594. The summed E-state index contributed by atoms with van der Waals surface area (Å²) >= 11 is 9.11. The van der Waals surface area contributed by atoms with Crippen LogP contribution in [-0.2, 0) is 0 Å². The van der Waals surface area contributed by atoms with Gasteiger partial charge in [-0.05, 0) is 31.5 Å². The molecule has 160 valence electrons. The molecule has 0 saturated carbocycles. The van der Waals surface area contributed by atoms with E-state index in [0.717, 1.165) is 26.8 Å². The van der Waals surface area contributed by atoms with Gasteiger partial charge in [0.2, 0.25) is 0 Å². The monoisotopic (exact) mass is 472 g/mol. The van der Waals surface area contributed by atoms with E-state index in [0.29, 0.717) is 23.8 Å². The average Bonchev–Trinajstić information content (AvgIpc) is 3.38. The highest BCUT2D eigenvalue weighted by atomic mass is 35.5. The molecule has 0 bridgehead atoms. The number of hydrogen-bond acceptors (Lipinski definition) is 6. The second-order valence-electron chi connectivity index (χ2n) is 7.17. The number of aryl methyl sites for hydroxylation is 2. The molecule has 1 fully saturated rings. The van der Waals surface area contributed by atoms with E-state index in [9.17, 15) is 9.59 Å². The van der Waals surface area contributed by atoms with E-state index < -0.39 is 0 Å². The van der Waals surface area contributed by atoms with Crippen LogP contribution in [0.3, 0.4) is 0 Å². The molecule has 3 aromatic rings. The van der Waals surface area contributed by atoms with Crippen molar-refractivity contribution in [3.8, 4) is 10.4 Å². The molecule has 2 amide bonds. The standard InChI is InChI=1S/C22H21ClN4O2S2/c1-13-4-3-5-15(10-13)20-19(26-14(2)31-20)22(29)27-8-9-30-18(27)12-25-21(28)17-11-16(23)6-7-24-17/h3-7,10-11,18H,8-9,12H2,1-2H3,(H,25,28). The zero-order valence-corrected chi connectivity index (χ0v) is 19.5. The number of rotatable bonds is 5. The smallest absolute Gasteiger partial charge is 0.274 e. The molecule has 2 aromatic heterocycles. The van der Waals surface area contributed by atoms with E-state index in [1.54, 1.807) is 22.7 Å². The van der Waals surface area contributed by atoms with Crippen molar-refractivity contribution in [2.75, 3.05) is 18.8 Å². The fourth-order valence-electron chi connectivity index (χ4n) is 3.41. The molecule has 3 heterocycles. The van der Waals surface area contributed by atoms with Crippen LogP contribution in [0.2, 0.25) is 5.02 Å². The summed E-state index contributed by atoms with van der Waals surface area (Å²) in [7, 11) is 0. The Morgan fingerprint density at radius 3 is 2.87 bits per heavy atom. The first kappa shape index (κ1) is 21.8. The number of hydrogen-bond donors (Lipinski definition) is 1. The molecule has 1 atom stereocenters.